The van der Waals surface area contributed by atoms with Crippen molar-refractivity contribution in [2.45, 2.75) is 20.3 Å². The zero-order valence-corrected chi connectivity index (χ0v) is 9.56. The summed E-state index contributed by atoms with van der Waals surface area (Å²) in [4.78, 5) is 15.8. The lowest BCUT2D eigenvalue weighted by atomic mass is 10.4. The van der Waals surface area contributed by atoms with Crippen LogP contribution in [0, 0.1) is 0 Å². The molecular weight excluding hydrogens is 214 g/mol. The Morgan fingerprint density at radius 3 is 2.80 bits per heavy atom. The van der Waals surface area contributed by atoms with E-state index < -0.39 is 0 Å². The largest absolute Gasteiger partial charge is 0.368 e. The number of aromatic amines is 1. The highest BCUT2D eigenvalue weighted by Crippen LogP contribution is 2.16. The molecule has 82 valence electrons. The Hall–Kier alpha value is -1.36. The van der Waals surface area contributed by atoms with Gasteiger partial charge in [0.05, 0.1) is 6.33 Å². The highest BCUT2D eigenvalue weighted by Gasteiger charge is 2.07. The van der Waals surface area contributed by atoms with Crippen molar-refractivity contribution in [3.05, 3.63) is 12.2 Å². The second-order valence-corrected chi connectivity index (χ2v) is 2.97. The number of imidazole rings is 1. The van der Waals surface area contributed by atoms with Gasteiger partial charge >= 0.3 is 0 Å². The molecule has 0 radical (unpaired) electrons. The highest BCUT2D eigenvalue weighted by molar-refractivity contribution is 5.85. The molecule has 0 aromatic carbocycles. The van der Waals surface area contributed by atoms with Gasteiger partial charge in [0.2, 0.25) is 0 Å². The number of hydrogen-bond donors (Lipinski definition) is 2. The minimum absolute atomic E-state index is 0. The smallest absolute Gasteiger partial charge is 0.183 e. The maximum Gasteiger partial charge on any atom is 0.183 e. The third-order valence-electron chi connectivity index (χ3n) is 1.99. The van der Waals surface area contributed by atoms with E-state index in [4.69, 9.17) is 0 Å². The first kappa shape index (κ1) is 11.7. The first-order valence-corrected chi connectivity index (χ1v) is 4.79. The molecule has 0 bridgehead atoms. The second-order valence-electron chi connectivity index (χ2n) is 2.97. The lowest BCUT2D eigenvalue weighted by molar-refractivity contribution is 0.952. The Bertz CT molecular complexity index is 439. The van der Waals surface area contributed by atoms with E-state index in [0.29, 0.717) is 0 Å². The van der Waals surface area contributed by atoms with Crippen molar-refractivity contribution in [1.82, 2.24) is 19.9 Å². The molecular formula is C9H14ClN5. The summed E-state index contributed by atoms with van der Waals surface area (Å²) >= 11 is 0. The fourth-order valence-corrected chi connectivity index (χ4v) is 1.33. The van der Waals surface area contributed by atoms with Crippen LogP contribution in [-0.4, -0.2) is 26.5 Å². The van der Waals surface area contributed by atoms with Crippen LogP contribution in [0.25, 0.3) is 11.2 Å². The Morgan fingerprint density at radius 2 is 2.13 bits per heavy atom. The van der Waals surface area contributed by atoms with E-state index in [2.05, 4.69) is 25.3 Å². The molecule has 0 aliphatic carbocycles. The summed E-state index contributed by atoms with van der Waals surface area (Å²) in [6.07, 6.45) is 2.46. The van der Waals surface area contributed by atoms with Crippen LogP contribution in [0.4, 0.5) is 5.82 Å². The summed E-state index contributed by atoms with van der Waals surface area (Å²) in [5.74, 6) is 1.66. The number of fused-ring (bicyclic) bond motifs is 1. The van der Waals surface area contributed by atoms with Crippen molar-refractivity contribution in [2.24, 2.45) is 0 Å². The second kappa shape index (κ2) is 4.93. The van der Waals surface area contributed by atoms with Gasteiger partial charge < -0.3 is 10.3 Å². The van der Waals surface area contributed by atoms with Gasteiger partial charge in [-0.15, -0.1) is 12.4 Å². The lowest BCUT2D eigenvalue weighted by Gasteiger charge is -2.04. The molecule has 2 aromatic heterocycles. The molecule has 0 atom stereocenters. The molecule has 2 heterocycles. The normalized spacial score (nSPS) is 10.0. The third kappa shape index (κ3) is 2.18. The van der Waals surface area contributed by atoms with Crippen LogP contribution in [-0.2, 0) is 6.42 Å². The molecule has 0 fully saturated rings. The first-order valence-electron chi connectivity index (χ1n) is 4.79. The molecule has 0 unspecified atom stereocenters. The Kier molecular flexibility index (Phi) is 3.85. The average Bonchev–Trinajstić information content (AvgIpc) is 2.66. The van der Waals surface area contributed by atoms with Crippen molar-refractivity contribution >= 4 is 29.4 Å². The minimum Gasteiger partial charge on any atom is -0.368 e. The highest BCUT2D eigenvalue weighted by atomic mass is 35.5. The monoisotopic (exact) mass is 227 g/mol. The number of rotatable bonds is 3. The summed E-state index contributed by atoms with van der Waals surface area (Å²) in [6, 6.07) is 0. The molecule has 0 saturated carbocycles. The zero-order valence-electron chi connectivity index (χ0n) is 8.74. The van der Waals surface area contributed by atoms with Gasteiger partial charge in [0.15, 0.2) is 11.5 Å². The fourth-order valence-electron chi connectivity index (χ4n) is 1.33. The maximum atomic E-state index is 4.39. The molecule has 5 nitrogen and oxygen atoms in total. The number of anilines is 1. The van der Waals surface area contributed by atoms with E-state index in [0.717, 1.165) is 35.8 Å². The van der Waals surface area contributed by atoms with Gasteiger partial charge in [0.1, 0.15) is 11.3 Å². The van der Waals surface area contributed by atoms with Gasteiger partial charge in [-0.2, -0.15) is 0 Å². The van der Waals surface area contributed by atoms with Gasteiger partial charge in [0.25, 0.3) is 0 Å². The molecule has 2 aromatic rings. The number of H-pyrrole nitrogens is 1. The predicted octanol–water partition coefficient (Wildman–Crippen LogP) is 1.77. The van der Waals surface area contributed by atoms with E-state index in [-0.39, 0.29) is 12.4 Å². The number of nitrogens with one attached hydrogen (secondary N) is 2. The number of aromatic nitrogens is 4. The number of aryl methyl sites for hydroxylation is 1. The van der Waals surface area contributed by atoms with Gasteiger partial charge in [-0.1, -0.05) is 6.92 Å². The Labute approximate surface area is 94.1 Å². The Balaban J connectivity index is 0.00000112. The van der Waals surface area contributed by atoms with Gasteiger partial charge in [-0.05, 0) is 6.92 Å². The molecule has 6 heteroatoms. The summed E-state index contributed by atoms with van der Waals surface area (Å²) < 4.78 is 0. The van der Waals surface area contributed by atoms with Crippen LogP contribution in [0.3, 0.4) is 0 Å². The van der Waals surface area contributed by atoms with Gasteiger partial charge in [-0.3, -0.25) is 0 Å². The quantitative estimate of drug-likeness (QED) is 0.839. The first-order chi connectivity index (χ1) is 6.85. The number of halogens is 1. The van der Waals surface area contributed by atoms with Crippen LogP contribution >= 0.6 is 12.4 Å². The van der Waals surface area contributed by atoms with Crippen molar-refractivity contribution in [3.63, 3.8) is 0 Å². The molecule has 2 N–H and O–H groups in total. The van der Waals surface area contributed by atoms with Crippen LogP contribution in [0.1, 0.15) is 19.7 Å². The minimum atomic E-state index is 0. The predicted molar refractivity (Wildman–Crippen MR) is 62.5 cm³/mol. The standard InChI is InChI=1S/C9H13N5.ClH/c1-3-6-13-8(10-4-2)7-9(14-6)12-5-11-7;/h5H,3-4H2,1-2H3,(H2,10,11,12,13,14);1H. The van der Waals surface area contributed by atoms with Crippen molar-refractivity contribution in [1.29, 1.82) is 0 Å². The Morgan fingerprint density at radius 1 is 1.33 bits per heavy atom. The van der Waals surface area contributed by atoms with Crippen LogP contribution in [0.15, 0.2) is 6.33 Å². The average molecular weight is 228 g/mol. The van der Waals surface area contributed by atoms with Gasteiger partial charge in [-0.25, -0.2) is 15.0 Å². The summed E-state index contributed by atoms with van der Waals surface area (Å²) in [7, 11) is 0. The maximum absolute atomic E-state index is 4.39. The van der Waals surface area contributed by atoms with Crippen LogP contribution < -0.4 is 5.32 Å². The zero-order chi connectivity index (χ0) is 9.97. The van der Waals surface area contributed by atoms with Gasteiger partial charge in [0, 0.05) is 13.0 Å². The topological polar surface area (TPSA) is 66.5 Å². The summed E-state index contributed by atoms with van der Waals surface area (Å²) in [5, 5.41) is 3.19. The molecule has 0 spiro atoms. The molecule has 0 amide bonds. The molecule has 15 heavy (non-hydrogen) atoms. The van der Waals surface area contributed by atoms with Crippen LogP contribution in [0.5, 0.6) is 0 Å². The molecule has 0 saturated heterocycles. The van der Waals surface area contributed by atoms with Crippen molar-refractivity contribution in [3.8, 4) is 0 Å². The third-order valence-corrected chi connectivity index (χ3v) is 1.99. The molecule has 0 aliphatic heterocycles. The van der Waals surface area contributed by atoms with Crippen LogP contribution in [0.2, 0.25) is 0 Å². The molecule has 0 aliphatic rings. The SMILES string of the molecule is CCNc1nc(CC)nc2nc[nH]c12.Cl. The van der Waals surface area contributed by atoms with E-state index in [1.54, 1.807) is 6.33 Å². The van der Waals surface area contributed by atoms with E-state index in [1.165, 1.54) is 0 Å². The van der Waals surface area contributed by atoms with Crippen molar-refractivity contribution < 1.29 is 0 Å². The van der Waals surface area contributed by atoms with E-state index in [9.17, 15) is 0 Å². The number of hydrogen-bond acceptors (Lipinski definition) is 4. The van der Waals surface area contributed by atoms with E-state index >= 15 is 0 Å². The molecule has 2 rings (SSSR count). The lowest BCUT2D eigenvalue weighted by Crippen LogP contribution is -2.04. The van der Waals surface area contributed by atoms with E-state index in [1.807, 2.05) is 13.8 Å². The van der Waals surface area contributed by atoms with Crippen molar-refractivity contribution in [2.75, 3.05) is 11.9 Å². The fraction of sp³-hybridized carbons (Fsp3) is 0.444. The number of nitrogens with zero attached hydrogens (tertiary/aromatic N) is 3. The summed E-state index contributed by atoms with van der Waals surface area (Å²) in [6.45, 7) is 4.91. The summed E-state index contributed by atoms with van der Waals surface area (Å²) in [5.41, 5.74) is 1.61.